The van der Waals surface area contributed by atoms with Gasteiger partial charge in [0.1, 0.15) is 0 Å². The fourth-order valence-electron chi connectivity index (χ4n) is 1.19. The molecule has 0 bridgehead atoms. The summed E-state index contributed by atoms with van der Waals surface area (Å²) in [5.74, 6) is -0.421. The van der Waals surface area contributed by atoms with Crippen molar-refractivity contribution in [2.75, 3.05) is 5.75 Å². The van der Waals surface area contributed by atoms with Gasteiger partial charge in [-0.15, -0.1) is 0 Å². The van der Waals surface area contributed by atoms with Crippen LogP contribution in [0.4, 0.5) is 4.79 Å². The minimum absolute atomic E-state index is 0.0124. The highest BCUT2D eigenvalue weighted by atomic mass is 32.2. The number of imide groups is 1. The number of nitrogens with one attached hydrogen (secondary N) is 2. The Morgan fingerprint density at radius 3 is 2.84 bits per heavy atom. The molecule has 0 aliphatic heterocycles. The highest BCUT2D eigenvalue weighted by Gasteiger charge is 2.12. The number of carbonyl (C=O) groups excluding carboxylic acids is 2. The van der Waals surface area contributed by atoms with Crippen LogP contribution in [0.1, 0.15) is 20.3 Å². The molecule has 2 N–H and O–H groups in total. The van der Waals surface area contributed by atoms with Gasteiger partial charge in [0.25, 0.3) is 5.03 Å². The van der Waals surface area contributed by atoms with Crippen LogP contribution in [0.5, 0.6) is 0 Å². The molecule has 0 spiro atoms. The van der Waals surface area contributed by atoms with Gasteiger partial charge in [0, 0.05) is 18.2 Å². The van der Waals surface area contributed by atoms with Gasteiger partial charge in [0.15, 0.2) is 6.20 Å². The van der Waals surface area contributed by atoms with E-state index in [1.807, 2.05) is 13.8 Å². The van der Waals surface area contributed by atoms with E-state index in [9.17, 15) is 14.8 Å². The lowest BCUT2D eigenvalue weighted by molar-refractivity contribution is -0.645. The summed E-state index contributed by atoms with van der Waals surface area (Å²) in [6.45, 7) is 3.79. The first-order chi connectivity index (χ1) is 9.02. The molecular weight excluding hydrogens is 266 g/mol. The lowest BCUT2D eigenvalue weighted by Crippen LogP contribution is -2.44. The van der Waals surface area contributed by atoms with Crippen LogP contribution in [0.3, 0.4) is 0 Å². The van der Waals surface area contributed by atoms with E-state index >= 15 is 0 Å². The summed E-state index contributed by atoms with van der Waals surface area (Å²) in [5, 5.41) is 16.6. The Morgan fingerprint density at radius 1 is 1.47 bits per heavy atom. The molecule has 0 aliphatic rings. The fraction of sp³-hybridized carbons (Fsp3) is 0.417. The maximum absolute atomic E-state index is 11.5. The van der Waals surface area contributed by atoms with Gasteiger partial charge in [-0.3, -0.25) is 10.1 Å². The molecule has 1 aromatic heterocycles. The van der Waals surface area contributed by atoms with Crippen LogP contribution in [0, 0.1) is 5.21 Å². The summed E-state index contributed by atoms with van der Waals surface area (Å²) < 4.78 is 0.678. The van der Waals surface area contributed by atoms with Crippen molar-refractivity contribution < 1.29 is 14.3 Å². The Labute approximate surface area is 116 Å². The monoisotopic (exact) mass is 283 g/mol. The van der Waals surface area contributed by atoms with Crippen molar-refractivity contribution in [1.29, 1.82) is 0 Å². The maximum Gasteiger partial charge on any atom is 0.321 e. The Bertz CT molecular complexity index is 454. The van der Waals surface area contributed by atoms with Gasteiger partial charge in [-0.25, -0.2) is 4.79 Å². The predicted molar refractivity (Wildman–Crippen MR) is 72.6 cm³/mol. The predicted octanol–water partition coefficient (Wildman–Crippen LogP) is 1.04. The molecule has 19 heavy (non-hydrogen) atoms. The number of nitrogens with zero attached hydrogens (tertiary/aromatic N) is 1. The van der Waals surface area contributed by atoms with E-state index in [-0.39, 0.29) is 11.8 Å². The van der Waals surface area contributed by atoms with Gasteiger partial charge in [-0.1, -0.05) is 6.92 Å². The summed E-state index contributed by atoms with van der Waals surface area (Å²) in [6, 6.07) is 4.44. The molecule has 7 heteroatoms. The van der Waals surface area contributed by atoms with Gasteiger partial charge in [-0.05, 0) is 31.2 Å². The lowest BCUT2D eigenvalue weighted by atomic mass is 10.3. The second kappa shape index (κ2) is 7.63. The van der Waals surface area contributed by atoms with Gasteiger partial charge in [-0.2, -0.15) is 4.73 Å². The zero-order valence-corrected chi connectivity index (χ0v) is 11.7. The number of aromatic nitrogens is 1. The summed E-state index contributed by atoms with van der Waals surface area (Å²) >= 11 is 1.08. The first-order valence-corrected chi connectivity index (χ1v) is 6.92. The number of hydrogen-bond acceptors (Lipinski definition) is 4. The van der Waals surface area contributed by atoms with E-state index < -0.39 is 11.9 Å². The van der Waals surface area contributed by atoms with Crippen molar-refractivity contribution in [2.24, 2.45) is 0 Å². The zero-order valence-electron chi connectivity index (χ0n) is 10.9. The van der Waals surface area contributed by atoms with Gasteiger partial charge < -0.3 is 10.5 Å². The minimum Gasteiger partial charge on any atom is -0.618 e. The van der Waals surface area contributed by atoms with Gasteiger partial charge in [0.05, 0.1) is 5.75 Å². The van der Waals surface area contributed by atoms with Crippen LogP contribution < -0.4 is 15.4 Å². The summed E-state index contributed by atoms with van der Waals surface area (Å²) in [7, 11) is 0. The smallest absolute Gasteiger partial charge is 0.321 e. The van der Waals surface area contributed by atoms with E-state index in [1.165, 1.54) is 6.20 Å². The Kier molecular flexibility index (Phi) is 6.14. The number of hydrogen-bond donors (Lipinski definition) is 2. The van der Waals surface area contributed by atoms with Crippen molar-refractivity contribution in [3.05, 3.63) is 29.6 Å². The van der Waals surface area contributed by atoms with E-state index in [1.54, 1.807) is 18.2 Å². The lowest BCUT2D eigenvalue weighted by Gasteiger charge is -2.11. The van der Waals surface area contributed by atoms with Crippen LogP contribution in [0.15, 0.2) is 29.4 Å². The van der Waals surface area contributed by atoms with Gasteiger partial charge in [0.2, 0.25) is 5.91 Å². The number of amides is 3. The molecule has 6 nitrogen and oxygen atoms in total. The molecule has 0 aromatic carbocycles. The maximum atomic E-state index is 11.5. The fourth-order valence-corrected chi connectivity index (χ4v) is 1.90. The van der Waals surface area contributed by atoms with Crippen molar-refractivity contribution in [3.63, 3.8) is 0 Å². The van der Waals surface area contributed by atoms with Crippen LogP contribution >= 0.6 is 11.8 Å². The molecule has 0 saturated heterocycles. The number of pyridine rings is 1. The molecule has 0 aliphatic carbocycles. The number of urea groups is 1. The van der Waals surface area contributed by atoms with Crippen molar-refractivity contribution >= 4 is 23.7 Å². The molecule has 1 aromatic rings. The first kappa shape index (κ1) is 15.3. The Balaban J connectivity index is 2.36. The minimum atomic E-state index is -0.511. The average Bonchev–Trinajstić information content (AvgIpc) is 2.37. The molecular formula is C12H17N3O3S. The molecule has 3 amide bonds. The average molecular weight is 283 g/mol. The largest absolute Gasteiger partial charge is 0.618 e. The van der Waals surface area contributed by atoms with Crippen LogP contribution in [-0.2, 0) is 4.79 Å². The second-order valence-electron chi connectivity index (χ2n) is 3.98. The molecule has 0 unspecified atom stereocenters. The van der Waals surface area contributed by atoms with E-state index in [4.69, 9.17) is 0 Å². The molecule has 1 atom stereocenters. The third-order valence-electron chi connectivity index (χ3n) is 2.38. The Morgan fingerprint density at radius 2 is 2.21 bits per heavy atom. The van der Waals surface area contributed by atoms with Crippen molar-refractivity contribution in [2.45, 2.75) is 31.3 Å². The molecule has 1 heterocycles. The van der Waals surface area contributed by atoms with E-state index in [2.05, 4.69) is 10.6 Å². The molecule has 0 radical (unpaired) electrons. The molecule has 0 saturated carbocycles. The molecule has 104 valence electrons. The number of carbonyl (C=O) groups is 2. The highest BCUT2D eigenvalue weighted by molar-refractivity contribution is 7.99. The topological polar surface area (TPSA) is 85.1 Å². The first-order valence-electron chi connectivity index (χ1n) is 5.94. The third kappa shape index (κ3) is 5.60. The quantitative estimate of drug-likeness (QED) is 0.480. The van der Waals surface area contributed by atoms with Crippen molar-refractivity contribution in [1.82, 2.24) is 10.6 Å². The SMILES string of the molecule is CC[C@@H](C)NC(=O)NC(=O)CSc1cccc[n+]1[O-]. The van der Waals surface area contributed by atoms with Crippen LogP contribution in [-0.4, -0.2) is 23.7 Å². The Hall–Kier alpha value is -1.76. The summed E-state index contributed by atoms with van der Waals surface area (Å²) in [4.78, 5) is 22.9. The molecule has 0 fully saturated rings. The number of rotatable bonds is 5. The normalized spacial score (nSPS) is 11.7. The third-order valence-corrected chi connectivity index (χ3v) is 3.40. The van der Waals surface area contributed by atoms with Crippen LogP contribution in [0.25, 0.3) is 0 Å². The molecule has 1 rings (SSSR count). The van der Waals surface area contributed by atoms with Crippen LogP contribution in [0.2, 0.25) is 0 Å². The van der Waals surface area contributed by atoms with Crippen molar-refractivity contribution in [3.8, 4) is 0 Å². The van der Waals surface area contributed by atoms with E-state index in [0.29, 0.717) is 9.76 Å². The van der Waals surface area contributed by atoms with E-state index in [0.717, 1.165) is 18.2 Å². The zero-order chi connectivity index (χ0) is 14.3. The summed E-state index contributed by atoms with van der Waals surface area (Å²) in [6.07, 6.45) is 2.15. The number of thioether (sulfide) groups is 1. The second-order valence-corrected chi connectivity index (χ2v) is 4.98. The standard InChI is InChI=1S/C12H17N3O3S/c1-3-9(2)13-12(17)14-10(16)8-19-11-6-4-5-7-15(11)18/h4-7,9H,3,8H2,1-2H3,(H2,13,14,16,17)/t9-/m1/s1. The highest BCUT2D eigenvalue weighted by Crippen LogP contribution is 2.11. The summed E-state index contributed by atoms with van der Waals surface area (Å²) in [5.41, 5.74) is 0. The van der Waals surface area contributed by atoms with Gasteiger partial charge >= 0.3 is 6.03 Å².